The van der Waals surface area contributed by atoms with E-state index in [9.17, 15) is 18.7 Å². The number of nitrogens with one attached hydrogen (secondary N) is 1. The van der Waals surface area contributed by atoms with Crippen LogP contribution in [-0.2, 0) is 4.79 Å². The van der Waals surface area contributed by atoms with Crippen molar-refractivity contribution in [1.82, 2.24) is 15.0 Å². The van der Waals surface area contributed by atoms with Gasteiger partial charge >= 0.3 is 0 Å². The third-order valence-corrected chi connectivity index (χ3v) is 5.01. The number of halogens is 2. The number of pyridine rings is 3. The van der Waals surface area contributed by atoms with Crippen LogP contribution in [0.1, 0.15) is 38.5 Å². The lowest BCUT2D eigenvalue weighted by molar-refractivity contribution is -0.119. The van der Waals surface area contributed by atoms with Gasteiger partial charge in [0.25, 0.3) is 5.92 Å². The van der Waals surface area contributed by atoms with Gasteiger partial charge < -0.3 is 10.4 Å². The number of carbonyl (C=O) groups excluding carboxylic acids is 1. The van der Waals surface area contributed by atoms with Crippen molar-refractivity contribution in [3.05, 3.63) is 48.0 Å². The fourth-order valence-corrected chi connectivity index (χ4v) is 3.15. The minimum atomic E-state index is -2.93. The third kappa shape index (κ3) is 3.80. The molecule has 150 valence electrons. The quantitative estimate of drug-likeness (QED) is 0.676. The molecular weight excluding hydrogens is 378 g/mol. The highest BCUT2D eigenvalue weighted by atomic mass is 19.3. The van der Waals surface area contributed by atoms with Gasteiger partial charge in [-0.1, -0.05) is 6.92 Å². The first kappa shape index (κ1) is 18.1. The molecule has 2 N–H and O–H groups in total. The van der Waals surface area contributed by atoms with E-state index < -0.39 is 30.2 Å². The normalized spacial score (nSPS) is 20.0. The molecule has 3 aromatic heterocycles. The second kappa shape index (κ2) is 7.11. The Balaban J connectivity index is 1.59. The maximum Gasteiger partial charge on any atom is 0.260 e. The van der Waals surface area contributed by atoms with E-state index >= 15 is 0 Å². The van der Waals surface area contributed by atoms with E-state index in [1.54, 1.807) is 25.4 Å². The van der Waals surface area contributed by atoms with E-state index in [2.05, 4.69) is 20.3 Å². The highest BCUT2D eigenvalue weighted by Crippen LogP contribution is 2.49. The molecule has 6 nitrogen and oxygen atoms in total. The lowest BCUT2D eigenvalue weighted by atomic mass is 10.0. The summed E-state index contributed by atoms with van der Waals surface area (Å²) in [5.74, 6) is -4.79. The zero-order chi connectivity index (χ0) is 21.7. The summed E-state index contributed by atoms with van der Waals surface area (Å²) in [4.78, 5) is 24.6. The molecule has 0 unspecified atom stereocenters. The first-order valence-electron chi connectivity index (χ1n) is 9.75. The van der Waals surface area contributed by atoms with Crippen LogP contribution in [0.4, 0.5) is 14.6 Å². The molecule has 2 atom stereocenters. The molecule has 1 fully saturated rings. The summed E-state index contributed by atoms with van der Waals surface area (Å²) in [6.45, 7) is 3.58. The molecule has 4 rings (SSSR count). The summed E-state index contributed by atoms with van der Waals surface area (Å²) < 4.78 is 34.0. The lowest BCUT2D eigenvalue weighted by Crippen LogP contribution is -2.18. The summed E-state index contributed by atoms with van der Waals surface area (Å²) in [7, 11) is 0. The van der Waals surface area contributed by atoms with Gasteiger partial charge in [-0.2, -0.15) is 0 Å². The molecule has 1 saturated carbocycles. The van der Waals surface area contributed by atoms with Crippen molar-refractivity contribution in [3.63, 3.8) is 0 Å². The second-order valence-electron chi connectivity index (χ2n) is 7.18. The minimum absolute atomic E-state index is 0.173. The minimum Gasteiger partial charge on any atom is -0.387 e. The molecule has 8 heteroatoms. The maximum absolute atomic E-state index is 13.0. The van der Waals surface area contributed by atoms with Gasteiger partial charge in [0, 0.05) is 47.6 Å². The van der Waals surface area contributed by atoms with Crippen molar-refractivity contribution in [2.24, 2.45) is 5.92 Å². The summed E-state index contributed by atoms with van der Waals surface area (Å²) in [5, 5.41) is 13.2. The summed E-state index contributed by atoms with van der Waals surface area (Å²) in [5.41, 5.74) is 3.25. The van der Waals surface area contributed by atoms with Gasteiger partial charge in [-0.05, 0) is 31.0 Å². The highest BCUT2D eigenvalue weighted by Gasteiger charge is 2.61. The van der Waals surface area contributed by atoms with Gasteiger partial charge in [-0.25, -0.2) is 13.8 Å². The van der Waals surface area contributed by atoms with Crippen molar-refractivity contribution in [1.29, 1.82) is 0 Å². The Morgan fingerprint density at radius 3 is 2.72 bits per heavy atom. The Hall–Kier alpha value is -3.00. The summed E-state index contributed by atoms with van der Waals surface area (Å²) in [6, 6.07) is 5.07. The van der Waals surface area contributed by atoms with Crippen LogP contribution in [0.15, 0.2) is 36.8 Å². The zero-order valence-electron chi connectivity index (χ0n) is 16.9. The van der Waals surface area contributed by atoms with Gasteiger partial charge in [0.15, 0.2) is 0 Å². The lowest BCUT2D eigenvalue weighted by Gasteiger charge is -2.12. The van der Waals surface area contributed by atoms with Gasteiger partial charge in [-0.15, -0.1) is 0 Å². The van der Waals surface area contributed by atoms with Gasteiger partial charge in [0.05, 0.1) is 18.7 Å². The number of aliphatic hydroxyl groups is 1. The van der Waals surface area contributed by atoms with E-state index in [1.807, 2.05) is 13.0 Å². The molecule has 0 aliphatic heterocycles. The number of carbonyl (C=O) groups is 1. The van der Waals surface area contributed by atoms with Crippen LogP contribution in [0.3, 0.4) is 0 Å². The van der Waals surface area contributed by atoms with Gasteiger partial charge in [0.2, 0.25) is 5.91 Å². The highest BCUT2D eigenvalue weighted by molar-refractivity contribution is 5.96. The average Bonchev–Trinajstić information content (AvgIpc) is 3.36. The first-order valence-corrected chi connectivity index (χ1v) is 9.25. The number of aryl methyl sites for hydroxylation is 1. The standard InChI is InChI=1S/C21H20F2N4O2/c1-3-18(28)17-4-11(2)14(10-25-17)12-5-13-9-26-19(6-16(13)24-8-12)27-20(29)15-7-21(15,22)23/h4-6,8-10,15,18,28H,3,7H2,1-2H3,(H,26,27,29)/t15-,18+/m1/s1/i18D. The summed E-state index contributed by atoms with van der Waals surface area (Å²) in [6.07, 6.45) is 2.80. The Bertz CT molecular complexity index is 1150. The zero-order valence-corrected chi connectivity index (χ0v) is 15.9. The van der Waals surface area contributed by atoms with Crippen LogP contribution >= 0.6 is 0 Å². The van der Waals surface area contributed by atoms with Crippen LogP contribution < -0.4 is 5.32 Å². The molecular formula is C21H20F2N4O2. The van der Waals surface area contributed by atoms with E-state index in [1.165, 1.54) is 12.3 Å². The fraction of sp³-hybridized carbons (Fsp3) is 0.333. The van der Waals surface area contributed by atoms with E-state index in [-0.39, 0.29) is 17.9 Å². The van der Waals surface area contributed by atoms with Crippen molar-refractivity contribution in [2.75, 3.05) is 5.32 Å². The molecule has 0 saturated heterocycles. The van der Waals surface area contributed by atoms with Crippen LogP contribution in [0.5, 0.6) is 0 Å². The Morgan fingerprint density at radius 1 is 1.31 bits per heavy atom. The number of alkyl halides is 2. The Morgan fingerprint density at radius 2 is 2.07 bits per heavy atom. The smallest absolute Gasteiger partial charge is 0.260 e. The predicted octanol–water partition coefficient (Wildman–Crippen LogP) is 4.04. The van der Waals surface area contributed by atoms with Crippen LogP contribution in [0, 0.1) is 12.8 Å². The largest absolute Gasteiger partial charge is 0.387 e. The van der Waals surface area contributed by atoms with Crippen molar-refractivity contribution < 1.29 is 20.1 Å². The first-order chi connectivity index (χ1) is 14.1. The molecule has 0 aromatic carbocycles. The SMILES string of the molecule is [2H][C@](O)(CC)c1cc(C)c(-c2cnc3cc(NC(=O)[C@H]4CC4(F)F)ncc3c2)cn1. The number of rotatable bonds is 5. The molecule has 1 aliphatic rings. The van der Waals surface area contributed by atoms with Crippen molar-refractivity contribution >= 4 is 22.6 Å². The fourth-order valence-electron chi connectivity index (χ4n) is 3.15. The molecule has 1 aliphatic carbocycles. The van der Waals surface area contributed by atoms with Crippen molar-refractivity contribution in [3.8, 4) is 11.1 Å². The molecule has 0 radical (unpaired) electrons. The van der Waals surface area contributed by atoms with Crippen LogP contribution in [0.2, 0.25) is 0 Å². The van der Waals surface area contributed by atoms with E-state index in [0.29, 0.717) is 10.9 Å². The monoisotopic (exact) mass is 399 g/mol. The number of hydrogen-bond donors (Lipinski definition) is 2. The topological polar surface area (TPSA) is 88.0 Å². The number of aromatic nitrogens is 3. The number of anilines is 1. The Labute approximate surface area is 167 Å². The number of hydrogen-bond acceptors (Lipinski definition) is 5. The van der Waals surface area contributed by atoms with E-state index in [4.69, 9.17) is 1.37 Å². The van der Waals surface area contributed by atoms with Crippen molar-refractivity contribution in [2.45, 2.75) is 38.7 Å². The molecule has 3 aromatic rings. The van der Waals surface area contributed by atoms with Crippen LogP contribution in [-0.4, -0.2) is 31.9 Å². The molecule has 0 bridgehead atoms. The molecule has 1 amide bonds. The summed E-state index contributed by atoms with van der Waals surface area (Å²) >= 11 is 0. The maximum atomic E-state index is 13.0. The van der Waals surface area contributed by atoms with Gasteiger partial charge in [-0.3, -0.25) is 14.8 Å². The number of fused-ring (bicyclic) bond motifs is 1. The third-order valence-electron chi connectivity index (χ3n) is 5.01. The molecule has 29 heavy (non-hydrogen) atoms. The Kier molecular flexibility index (Phi) is 4.43. The second-order valence-corrected chi connectivity index (χ2v) is 7.18. The number of amides is 1. The number of nitrogens with zero attached hydrogens (tertiary/aromatic N) is 3. The van der Waals surface area contributed by atoms with E-state index in [0.717, 1.165) is 16.7 Å². The molecule has 3 heterocycles. The average molecular weight is 399 g/mol. The molecule has 0 spiro atoms. The predicted molar refractivity (Wildman–Crippen MR) is 104 cm³/mol. The van der Waals surface area contributed by atoms with Gasteiger partial charge in [0.1, 0.15) is 11.7 Å². The van der Waals surface area contributed by atoms with Crippen LogP contribution in [0.25, 0.3) is 22.0 Å².